The third-order valence-corrected chi connectivity index (χ3v) is 2.23. The summed E-state index contributed by atoms with van der Waals surface area (Å²) in [7, 11) is 1.74. The number of amides is 1. The molecule has 0 spiro atoms. The number of hydrogen-bond acceptors (Lipinski definition) is 3. The van der Waals surface area contributed by atoms with E-state index in [9.17, 15) is 4.79 Å². The van der Waals surface area contributed by atoms with E-state index in [4.69, 9.17) is 4.74 Å². The minimum atomic E-state index is -0.0171. The third-order valence-electron chi connectivity index (χ3n) is 2.23. The molecule has 0 saturated carbocycles. The quantitative estimate of drug-likeness (QED) is 0.771. The zero-order valence-corrected chi connectivity index (χ0v) is 11.9. The summed E-state index contributed by atoms with van der Waals surface area (Å²) in [5.74, 6) is 0.835. The van der Waals surface area contributed by atoms with Crippen molar-refractivity contribution in [2.75, 3.05) is 26.7 Å². The lowest BCUT2D eigenvalue weighted by Gasteiger charge is -2.09. The van der Waals surface area contributed by atoms with Gasteiger partial charge in [-0.3, -0.25) is 4.79 Å². The second-order valence-corrected chi connectivity index (χ2v) is 4.05. The Bertz CT molecular complexity index is 363. The Kier molecular flexibility index (Phi) is 8.16. The van der Waals surface area contributed by atoms with Crippen molar-refractivity contribution < 1.29 is 9.53 Å². The molecule has 0 aromatic heterocycles. The van der Waals surface area contributed by atoms with Crippen molar-refractivity contribution in [2.45, 2.75) is 13.8 Å². The van der Waals surface area contributed by atoms with Crippen molar-refractivity contribution in [3.8, 4) is 5.75 Å². The summed E-state index contributed by atoms with van der Waals surface area (Å²) in [6.07, 6.45) is 0. The Morgan fingerprint density at radius 3 is 2.39 bits per heavy atom. The number of ether oxygens (including phenoxy) is 1. The molecule has 18 heavy (non-hydrogen) atoms. The molecule has 1 rings (SSSR count). The average Bonchev–Trinajstić information content (AvgIpc) is 2.23. The van der Waals surface area contributed by atoms with E-state index >= 15 is 0 Å². The van der Waals surface area contributed by atoms with E-state index in [1.807, 2.05) is 26.0 Å². The van der Waals surface area contributed by atoms with E-state index in [0.717, 1.165) is 5.75 Å². The van der Waals surface area contributed by atoms with E-state index in [1.54, 1.807) is 7.05 Å². The van der Waals surface area contributed by atoms with E-state index in [-0.39, 0.29) is 18.3 Å². The molecule has 1 amide bonds. The summed E-state index contributed by atoms with van der Waals surface area (Å²) < 4.78 is 5.56. The van der Waals surface area contributed by atoms with Gasteiger partial charge >= 0.3 is 0 Å². The molecule has 0 aliphatic carbocycles. The van der Waals surface area contributed by atoms with Crippen LogP contribution in [0.1, 0.15) is 11.1 Å². The number of halogens is 1. The predicted octanol–water partition coefficient (Wildman–Crippen LogP) is 1.44. The van der Waals surface area contributed by atoms with Crippen molar-refractivity contribution in [3.63, 3.8) is 0 Å². The zero-order valence-electron chi connectivity index (χ0n) is 11.1. The predicted molar refractivity (Wildman–Crippen MR) is 75.6 cm³/mol. The van der Waals surface area contributed by atoms with Crippen LogP contribution in [-0.2, 0) is 4.79 Å². The number of likely N-dealkylation sites (N-methyl/N-ethyl adjacent to an activating group) is 1. The van der Waals surface area contributed by atoms with E-state index in [1.165, 1.54) is 11.1 Å². The summed E-state index contributed by atoms with van der Waals surface area (Å²) in [5.41, 5.74) is 2.36. The van der Waals surface area contributed by atoms with Gasteiger partial charge in [-0.1, -0.05) is 6.07 Å². The third kappa shape index (κ3) is 6.47. The maximum Gasteiger partial charge on any atom is 0.234 e. The fraction of sp³-hybridized carbons (Fsp3) is 0.462. The average molecular weight is 273 g/mol. The van der Waals surface area contributed by atoms with Crippen LogP contribution in [-0.4, -0.2) is 32.7 Å². The van der Waals surface area contributed by atoms with Gasteiger partial charge in [0.2, 0.25) is 5.91 Å². The van der Waals surface area contributed by atoms with E-state index in [0.29, 0.717) is 19.7 Å². The molecule has 0 saturated heterocycles. The van der Waals surface area contributed by atoms with Crippen molar-refractivity contribution in [1.82, 2.24) is 10.6 Å². The number of nitrogens with one attached hydrogen (secondary N) is 2. The normalized spacial score (nSPS) is 9.50. The Morgan fingerprint density at radius 1 is 1.22 bits per heavy atom. The van der Waals surface area contributed by atoms with Gasteiger partial charge in [0.25, 0.3) is 0 Å². The molecule has 0 aliphatic rings. The number of carbonyl (C=O) groups excluding carboxylic acids is 1. The maximum absolute atomic E-state index is 11.1. The molecule has 0 fully saturated rings. The highest BCUT2D eigenvalue weighted by Crippen LogP contribution is 2.15. The van der Waals surface area contributed by atoms with Crippen molar-refractivity contribution >= 4 is 18.3 Å². The zero-order chi connectivity index (χ0) is 12.7. The Hall–Kier alpha value is -1.26. The van der Waals surface area contributed by atoms with Crippen molar-refractivity contribution in [2.24, 2.45) is 0 Å². The number of carbonyl (C=O) groups is 1. The van der Waals surface area contributed by atoms with Crippen LogP contribution in [0.2, 0.25) is 0 Å². The van der Waals surface area contributed by atoms with Gasteiger partial charge in [-0.15, -0.1) is 12.4 Å². The Labute approximate surface area is 115 Å². The van der Waals surface area contributed by atoms with Crippen LogP contribution in [0.25, 0.3) is 0 Å². The SMILES string of the molecule is CNCC(=O)NCCOc1cc(C)cc(C)c1.Cl. The molecule has 0 radical (unpaired) electrons. The summed E-state index contributed by atoms with van der Waals surface area (Å²) in [4.78, 5) is 11.1. The minimum absolute atomic E-state index is 0. The summed E-state index contributed by atoms with van der Waals surface area (Å²) in [5, 5.41) is 5.54. The molecular weight excluding hydrogens is 252 g/mol. The van der Waals surface area contributed by atoms with Crippen molar-refractivity contribution in [3.05, 3.63) is 29.3 Å². The minimum Gasteiger partial charge on any atom is -0.492 e. The molecule has 1 aromatic rings. The standard InChI is InChI=1S/C13H20N2O2.ClH/c1-10-6-11(2)8-12(7-10)17-5-4-15-13(16)9-14-3;/h6-8,14H,4-5,9H2,1-3H3,(H,15,16);1H. The fourth-order valence-corrected chi connectivity index (χ4v) is 1.60. The highest BCUT2D eigenvalue weighted by molar-refractivity contribution is 5.85. The summed E-state index contributed by atoms with van der Waals surface area (Å²) in [6, 6.07) is 6.08. The lowest BCUT2D eigenvalue weighted by atomic mass is 10.1. The Morgan fingerprint density at radius 2 is 1.83 bits per heavy atom. The van der Waals surface area contributed by atoms with Gasteiger partial charge in [-0.05, 0) is 44.2 Å². The molecule has 4 nitrogen and oxygen atoms in total. The molecule has 0 aliphatic heterocycles. The lowest BCUT2D eigenvalue weighted by Crippen LogP contribution is -2.34. The number of benzene rings is 1. The van der Waals surface area contributed by atoms with Crippen molar-refractivity contribution in [1.29, 1.82) is 0 Å². The molecule has 0 unspecified atom stereocenters. The van der Waals surface area contributed by atoms with Crippen LogP contribution >= 0.6 is 12.4 Å². The molecular formula is C13H21ClN2O2. The maximum atomic E-state index is 11.1. The summed E-state index contributed by atoms with van der Waals surface area (Å²) >= 11 is 0. The van der Waals surface area contributed by atoms with Crippen LogP contribution in [0.15, 0.2) is 18.2 Å². The Balaban J connectivity index is 0.00000289. The molecule has 102 valence electrons. The first-order valence-corrected chi connectivity index (χ1v) is 5.74. The molecule has 0 bridgehead atoms. The molecule has 0 heterocycles. The van der Waals surface area contributed by atoms with Gasteiger partial charge in [0.1, 0.15) is 12.4 Å². The highest BCUT2D eigenvalue weighted by atomic mass is 35.5. The molecule has 2 N–H and O–H groups in total. The van der Waals surface area contributed by atoms with Gasteiger partial charge in [-0.2, -0.15) is 0 Å². The van der Waals surface area contributed by atoms with Crippen LogP contribution < -0.4 is 15.4 Å². The number of rotatable bonds is 6. The lowest BCUT2D eigenvalue weighted by molar-refractivity contribution is -0.120. The van der Waals surface area contributed by atoms with E-state index < -0.39 is 0 Å². The monoisotopic (exact) mass is 272 g/mol. The van der Waals surface area contributed by atoms with Gasteiger partial charge in [0.05, 0.1) is 13.1 Å². The van der Waals surface area contributed by atoms with Crippen LogP contribution in [0, 0.1) is 13.8 Å². The van der Waals surface area contributed by atoms with Crippen LogP contribution in [0.5, 0.6) is 5.75 Å². The van der Waals surface area contributed by atoms with E-state index in [2.05, 4.69) is 16.7 Å². The fourth-order valence-electron chi connectivity index (χ4n) is 1.60. The first-order valence-electron chi connectivity index (χ1n) is 5.74. The molecule has 5 heteroatoms. The number of aryl methyl sites for hydroxylation is 2. The topological polar surface area (TPSA) is 50.4 Å². The number of hydrogen-bond donors (Lipinski definition) is 2. The van der Waals surface area contributed by atoms with Gasteiger partial charge in [0.15, 0.2) is 0 Å². The van der Waals surface area contributed by atoms with Gasteiger partial charge < -0.3 is 15.4 Å². The first kappa shape index (κ1) is 16.7. The smallest absolute Gasteiger partial charge is 0.234 e. The first-order chi connectivity index (χ1) is 8.11. The summed E-state index contributed by atoms with van der Waals surface area (Å²) in [6.45, 7) is 5.42. The second-order valence-electron chi connectivity index (χ2n) is 4.05. The van der Waals surface area contributed by atoms with Crippen LogP contribution in [0.3, 0.4) is 0 Å². The highest BCUT2D eigenvalue weighted by Gasteiger charge is 1.99. The molecule has 0 atom stereocenters. The van der Waals surface area contributed by atoms with Gasteiger partial charge in [-0.25, -0.2) is 0 Å². The van der Waals surface area contributed by atoms with Gasteiger partial charge in [0, 0.05) is 0 Å². The van der Waals surface area contributed by atoms with Crippen LogP contribution in [0.4, 0.5) is 0 Å². The molecule has 1 aromatic carbocycles. The second kappa shape index (κ2) is 8.78. The largest absolute Gasteiger partial charge is 0.492 e.